The summed E-state index contributed by atoms with van der Waals surface area (Å²) in [6, 6.07) is 13.1. The van der Waals surface area contributed by atoms with Gasteiger partial charge in [0, 0.05) is 29.5 Å². The molecule has 0 saturated heterocycles. The van der Waals surface area contributed by atoms with Crippen molar-refractivity contribution in [1.82, 2.24) is 9.38 Å². The average Bonchev–Trinajstić information content (AvgIpc) is 2.83. The zero-order valence-electron chi connectivity index (χ0n) is 12.5. The third kappa shape index (κ3) is 2.46. The van der Waals surface area contributed by atoms with Crippen LogP contribution in [0.3, 0.4) is 0 Å². The molecule has 0 aliphatic heterocycles. The maximum Gasteiger partial charge on any atom is 0.277 e. The molecular weight excluding hydrogens is 298 g/mol. The van der Waals surface area contributed by atoms with Gasteiger partial charge in [-0.25, -0.2) is 4.98 Å². The van der Waals surface area contributed by atoms with Crippen molar-refractivity contribution in [2.75, 3.05) is 11.4 Å². The van der Waals surface area contributed by atoms with Gasteiger partial charge >= 0.3 is 0 Å². The van der Waals surface area contributed by atoms with Crippen LogP contribution in [0.25, 0.3) is 5.65 Å². The SMILES string of the molecule is CCN(C(=O)c1c(C)nc2cc(Cl)ccn12)c1ccccc1. The number of aromatic nitrogens is 2. The lowest BCUT2D eigenvalue weighted by atomic mass is 10.2. The van der Waals surface area contributed by atoms with Crippen LogP contribution in [-0.4, -0.2) is 21.8 Å². The molecule has 1 aromatic carbocycles. The van der Waals surface area contributed by atoms with Crippen molar-refractivity contribution < 1.29 is 4.79 Å². The van der Waals surface area contributed by atoms with E-state index < -0.39 is 0 Å². The number of carbonyl (C=O) groups is 1. The molecule has 112 valence electrons. The van der Waals surface area contributed by atoms with Crippen molar-refractivity contribution >= 4 is 28.8 Å². The number of amides is 1. The first-order valence-corrected chi connectivity index (χ1v) is 7.50. The van der Waals surface area contributed by atoms with Crippen LogP contribution in [0.15, 0.2) is 48.7 Å². The van der Waals surface area contributed by atoms with Crippen molar-refractivity contribution in [3.63, 3.8) is 0 Å². The summed E-state index contributed by atoms with van der Waals surface area (Å²) in [6.45, 7) is 4.39. The molecule has 4 nitrogen and oxygen atoms in total. The standard InChI is InChI=1S/C17H16ClN3O/c1-3-20(14-7-5-4-6-8-14)17(22)16-12(2)19-15-11-13(18)9-10-21(15)16/h4-11H,3H2,1-2H3. The van der Waals surface area contributed by atoms with Gasteiger partial charge in [-0.05, 0) is 32.0 Å². The number of rotatable bonds is 3. The van der Waals surface area contributed by atoms with Gasteiger partial charge in [-0.2, -0.15) is 0 Å². The lowest BCUT2D eigenvalue weighted by Crippen LogP contribution is -2.32. The average molecular weight is 314 g/mol. The molecule has 0 spiro atoms. The number of benzene rings is 1. The van der Waals surface area contributed by atoms with E-state index in [1.807, 2.05) is 44.2 Å². The summed E-state index contributed by atoms with van der Waals surface area (Å²) in [7, 11) is 0. The van der Waals surface area contributed by atoms with Gasteiger partial charge in [0.2, 0.25) is 0 Å². The minimum Gasteiger partial charge on any atom is -0.307 e. The molecule has 0 aliphatic rings. The Kier molecular flexibility index (Phi) is 3.86. The molecule has 0 saturated carbocycles. The van der Waals surface area contributed by atoms with E-state index in [1.165, 1.54) is 0 Å². The summed E-state index contributed by atoms with van der Waals surface area (Å²) >= 11 is 6.00. The maximum absolute atomic E-state index is 13.0. The lowest BCUT2D eigenvalue weighted by molar-refractivity contribution is 0.0982. The fourth-order valence-corrected chi connectivity index (χ4v) is 2.73. The van der Waals surface area contributed by atoms with Crippen molar-refractivity contribution in [3.8, 4) is 0 Å². The Morgan fingerprint density at radius 1 is 1.27 bits per heavy atom. The molecule has 22 heavy (non-hydrogen) atoms. The predicted molar refractivity (Wildman–Crippen MR) is 88.7 cm³/mol. The van der Waals surface area contributed by atoms with E-state index in [2.05, 4.69) is 4.98 Å². The van der Waals surface area contributed by atoms with Crippen LogP contribution >= 0.6 is 11.6 Å². The molecule has 0 radical (unpaired) electrons. The number of imidazole rings is 1. The number of hydrogen-bond acceptors (Lipinski definition) is 2. The summed E-state index contributed by atoms with van der Waals surface area (Å²) in [6.07, 6.45) is 1.78. The van der Waals surface area contributed by atoms with Crippen molar-refractivity contribution in [2.45, 2.75) is 13.8 Å². The Morgan fingerprint density at radius 2 is 2.00 bits per heavy atom. The normalized spacial score (nSPS) is 10.9. The van der Waals surface area contributed by atoms with Crippen LogP contribution in [0.5, 0.6) is 0 Å². The van der Waals surface area contributed by atoms with Gasteiger partial charge in [0.25, 0.3) is 5.91 Å². The molecular formula is C17H16ClN3O. The van der Waals surface area contributed by atoms with Gasteiger partial charge in [-0.3, -0.25) is 9.20 Å². The second-order valence-corrected chi connectivity index (χ2v) is 5.44. The first-order valence-electron chi connectivity index (χ1n) is 7.13. The molecule has 0 fully saturated rings. The zero-order chi connectivity index (χ0) is 15.7. The number of halogens is 1. The van der Waals surface area contributed by atoms with E-state index in [0.29, 0.717) is 28.6 Å². The number of hydrogen-bond donors (Lipinski definition) is 0. The molecule has 0 atom stereocenters. The van der Waals surface area contributed by atoms with E-state index >= 15 is 0 Å². The summed E-state index contributed by atoms with van der Waals surface area (Å²) in [5.74, 6) is -0.0685. The Balaban J connectivity index is 2.10. The number of para-hydroxylation sites is 1. The highest BCUT2D eigenvalue weighted by molar-refractivity contribution is 6.30. The van der Waals surface area contributed by atoms with Crippen molar-refractivity contribution in [1.29, 1.82) is 0 Å². The molecule has 2 heterocycles. The Labute approximate surface area is 134 Å². The van der Waals surface area contributed by atoms with Crippen LogP contribution in [-0.2, 0) is 0 Å². The van der Waals surface area contributed by atoms with Crippen LogP contribution in [0.2, 0.25) is 5.02 Å². The Bertz CT molecular complexity index is 827. The zero-order valence-corrected chi connectivity index (χ0v) is 13.2. The largest absolute Gasteiger partial charge is 0.307 e. The highest BCUT2D eigenvalue weighted by Gasteiger charge is 2.22. The molecule has 0 bridgehead atoms. The number of nitrogens with zero attached hydrogens (tertiary/aromatic N) is 3. The Hall–Kier alpha value is -2.33. The summed E-state index contributed by atoms with van der Waals surface area (Å²) in [5, 5.41) is 0.604. The van der Waals surface area contributed by atoms with Crippen LogP contribution in [0.4, 0.5) is 5.69 Å². The van der Waals surface area contributed by atoms with E-state index in [0.717, 1.165) is 5.69 Å². The smallest absolute Gasteiger partial charge is 0.277 e. The minimum atomic E-state index is -0.0685. The number of aryl methyl sites for hydroxylation is 1. The third-order valence-corrected chi connectivity index (χ3v) is 3.83. The lowest BCUT2D eigenvalue weighted by Gasteiger charge is -2.21. The van der Waals surface area contributed by atoms with E-state index in [4.69, 9.17) is 11.6 Å². The molecule has 3 aromatic rings. The second-order valence-electron chi connectivity index (χ2n) is 5.00. The van der Waals surface area contributed by atoms with Gasteiger partial charge in [-0.15, -0.1) is 0 Å². The topological polar surface area (TPSA) is 37.6 Å². The second kappa shape index (κ2) is 5.81. The van der Waals surface area contributed by atoms with Crippen LogP contribution in [0.1, 0.15) is 23.1 Å². The minimum absolute atomic E-state index is 0.0685. The molecule has 5 heteroatoms. The summed E-state index contributed by atoms with van der Waals surface area (Å²) in [4.78, 5) is 19.2. The number of anilines is 1. The predicted octanol–water partition coefficient (Wildman–Crippen LogP) is 3.96. The highest BCUT2D eigenvalue weighted by atomic mass is 35.5. The first kappa shape index (κ1) is 14.6. The van der Waals surface area contributed by atoms with Crippen molar-refractivity contribution in [3.05, 3.63) is 65.1 Å². The monoisotopic (exact) mass is 313 g/mol. The molecule has 0 aliphatic carbocycles. The summed E-state index contributed by atoms with van der Waals surface area (Å²) < 4.78 is 1.79. The van der Waals surface area contributed by atoms with Crippen molar-refractivity contribution in [2.24, 2.45) is 0 Å². The molecule has 0 N–H and O–H groups in total. The van der Waals surface area contributed by atoms with Gasteiger partial charge < -0.3 is 4.90 Å². The van der Waals surface area contributed by atoms with E-state index in [-0.39, 0.29) is 5.91 Å². The van der Waals surface area contributed by atoms with E-state index in [1.54, 1.807) is 27.6 Å². The third-order valence-electron chi connectivity index (χ3n) is 3.59. The van der Waals surface area contributed by atoms with Crippen LogP contribution < -0.4 is 4.90 Å². The van der Waals surface area contributed by atoms with Gasteiger partial charge in [0.05, 0.1) is 5.69 Å². The summed E-state index contributed by atoms with van der Waals surface area (Å²) in [5.41, 5.74) is 2.81. The molecule has 0 unspecified atom stereocenters. The highest BCUT2D eigenvalue weighted by Crippen LogP contribution is 2.21. The van der Waals surface area contributed by atoms with Gasteiger partial charge in [0.15, 0.2) is 0 Å². The van der Waals surface area contributed by atoms with Gasteiger partial charge in [0.1, 0.15) is 11.3 Å². The van der Waals surface area contributed by atoms with Gasteiger partial charge in [-0.1, -0.05) is 29.8 Å². The Morgan fingerprint density at radius 3 is 2.68 bits per heavy atom. The molecule has 1 amide bonds. The fourth-order valence-electron chi connectivity index (χ4n) is 2.57. The maximum atomic E-state index is 13.0. The number of pyridine rings is 1. The molecule has 2 aromatic heterocycles. The van der Waals surface area contributed by atoms with Crippen LogP contribution in [0, 0.1) is 6.92 Å². The quantitative estimate of drug-likeness (QED) is 0.734. The fraction of sp³-hybridized carbons (Fsp3) is 0.176. The van der Waals surface area contributed by atoms with E-state index in [9.17, 15) is 4.79 Å². The number of fused-ring (bicyclic) bond motifs is 1. The first-order chi connectivity index (χ1) is 10.6. The molecule has 3 rings (SSSR count). The number of carbonyl (C=O) groups excluding carboxylic acids is 1.